The quantitative estimate of drug-likeness (QED) is 0.751. The molecule has 0 unspecified atom stereocenters. The molecule has 1 saturated carbocycles. The van der Waals surface area contributed by atoms with E-state index in [9.17, 15) is 15.0 Å². The van der Waals surface area contributed by atoms with Crippen molar-refractivity contribution in [1.82, 2.24) is 0 Å². The summed E-state index contributed by atoms with van der Waals surface area (Å²) < 4.78 is 0. The number of aliphatic hydroxyl groups excluding tert-OH is 2. The topological polar surface area (TPSA) is 57.5 Å². The van der Waals surface area contributed by atoms with Gasteiger partial charge in [0.1, 0.15) is 0 Å². The molecular weight excluding hydrogens is 228 g/mol. The van der Waals surface area contributed by atoms with Crippen LogP contribution in [0.25, 0.3) is 0 Å². The number of rotatable bonds is 1. The highest BCUT2D eigenvalue weighted by atomic mass is 16.3. The summed E-state index contributed by atoms with van der Waals surface area (Å²) in [5.74, 6) is 0.508. The first kappa shape index (κ1) is 13.8. The zero-order chi connectivity index (χ0) is 13.7. The summed E-state index contributed by atoms with van der Waals surface area (Å²) in [5.41, 5.74) is 1.03. The standard InChI is InChI=1S/C15H24O3/c1-8(2)10-5-6-15(4)12(17)7-11(16)9(3)13(15)14(10)18/h8,10-12,16-17H,5-7H2,1-4H3/t10-,11+,12+,15-/m0/s1. The lowest BCUT2D eigenvalue weighted by Gasteiger charge is -2.47. The molecule has 4 atom stereocenters. The Morgan fingerprint density at radius 2 is 1.94 bits per heavy atom. The van der Waals surface area contributed by atoms with Gasteiger partial charge in [0.25, 0.3) is 0 Å². The van der Waals surface area contributed by atoms with E-state index >= 15 is 0 Å². The number of carbonyl (C=O) groups is 1. The van der Waals surface area contributed by atoms with Crippen molar-refractivity contribution >= 4 is 5.78 Å². The van der Waals surface area contributed by atoms with Crippen molar-refractivity contribution in [3.05, 3.63) is 11.1 Å². The van der Waals surface area contributed by atoms with Gasteiger partial charge < -0.3 is 10.2 Å². The fourth-order valence-corrected chi connectivity index (χ4v) is 3.61. The van der Waals surface area contributed by atoms with Crippen molar-refractivity contribution in [2.75, 3.05) is 0 Å². The maximum absolute atomic E-state index is 12.6. The maximum atomic E-state index is 12.6. The Labute approximate surface area is 109 Å². The minimum atomic E-state index is -0.669. The first-order valence-corrected chi connectivity index (χ1v) is 6.90. The van der Waals surface area contributed by atoms with Crippen LogP contribution in [-0.2, 0) is 4.79 Å². The largest absolute Gasteiger partial charge is 0.392 e. The van der Waals surface area contributed by atoms with E-state index in [0.29, 0.717) is 17.9 Å². The van der Waals surface area contributed by atoms with Crippen LogP contribution in [0.5, 0.6) is 0 Å². The van der Waals surface area contributed by atoms with Gasteiger partial charge in [-0.05, 0) is 31.3 Å². The summed E-state index contributed by atoms with van der Waals surface area (Å²) in [5, 5.41) is 20.2. The molecule has 2 aliphatic carbocycles. The smallest absolute Gasteiger partial charge is 0.162 e. The summed E-state index contributed by atoms with van der Waals surface area (Å²) in [7, 11) is 0. The molecule has 0 heterocycles. The van der Waals surface area contributed by atoms with E-state index in [1.807, 2.05) is 13.8 Å². The third-order valence-electron chi connectivity index (χ3n) is 5.01. The van der Waals surface area contributed by atoms with Crippen LogP contribution in [0, 0.1) is 17.3 Å². The van der Waals surface area contributed by atoms with Gasteiger partial charge in [0.15, 0.2) is 5.78 Å². The fourth-order valence-electron chi connectivity index (χ4n) is 3.61. The Kier molecular flexibility index (Phi) is 3.41. The van der Waals surface area contributed by atoms with Gasteiger partial charge in [0, 0.05) is 23.3 Å². The minimum Gasteiger partial charge on any atom is -0.392 e. The van der Waals surface area contributed by atoms with Gasteiger partial charge in [-0.2, -0.15) is 0 Å². The molecule has 0 spiro atoms. The zero-order valence-corrected chi connectivity index (χ0v) is 11.7. The molecule has 0 aromatic carbocycles. The Hall–Kier alpha value is -0.670. The van der Waals surface area contributed by atoms with Gasteiger partial charge in [0.05, 0.1) is 12.2 Å². The zero-order valence-electron chi connectivity index (χ0n) is 11.7. The van der Waals surface area contributed by atoms with E-state index in [-0.39, 0.29) is 11.7 Å². The van der Waals surface area contributed by atoms with Crippen LogP contribution in [0.3, 0.4) is 0 Å². The summed E-state index contributed by atoms with van der Waals surface area (Å²) >= 11 is 0. The predicted octanol–water partition coefficient (Wildman–Crippen LogP) is 2.07. The minimum absolute atomic E-state index is 0.0422. The molecule has 2 aliphatic rings. The average molecular weight is 252 g/mol. The molecule has 0 aromatic rings. The van der Waals surface area contributed by atoms with Crippen molar-refractivity contribution in [1.29, 1.82) is 0 Å². The molecule has 2 rings (SSSR count). The molecule has 0 aliphatic heterocycles. The Balaban J connectivity index is 2.48. The van der Waals surface area contributed by atoms with E-state index in [2.05, 4.69) is 13.8 Å². The summed E-state index contributed by atoms with van der Waals surface area (Å²) in [6.07, 6.45) is 0.756. The number of fused-ring (bicyclic) bond motifs is 1. The van der Waals surface area contributed by atoms with E-state index in [1.165, 1.54) is 0 Å². The third kappa shape index (κ3) is 1.84. The molecule has 1 fully saturated rings. The lowest BCUT2D eigenvalue weighted by Crippen LogP contribution is -2.49. The summed E-state index contributed by atoms with van der Waals surface area (Å²) in [6, 6.07) is 0. The van der Waals surface area contributed by atoms with Gasteiger partial charge in [-0.15, -0.1) is 0 Å². The SMILES string of the molecule is CC1=C2C(=O)[C@H](C(C)C)CC[C@@]2(C)[C@H](O)C[C@H]1O. The lowest BCUT2D eigenvalue weighted by atomic mass is 9.58. The highest BCUT2D eigenvalue weighted by Gasteiger charge is 2.50. The highest BCUT2D eigenvalue weighted by Crippen LogP contribution is 2.50. The van der Waals surface area contributed by atoms with Crippen molar-refractivity contribution in [3.63, 3.8) is 0 Å². The average Bonchev–Trinajstić information content (AvgIpc) is 2.26. The second-order valence-corrected chi connectivity index (χ2v) is 6.50. The molecule has 3 heteroatoms. The van der Waals surface area contributed by atoms with Crippen LogP contribution in [-0.4, -0.2) is 28.2 Å². The molecule has 0 amide bonds. The Morgan fingerprint density at radius 1 is 1.33 bits per heavy atom. The van der Waals surface area contributed by atoms with Crippen LogP contribution < -0.4 is 0 Å². The number of Topliss-reactive ketones (excluding diaryl/α,β-unsaturated/α-hetero) is 1. The van der Waals surface area contributed by atoms with Gasteiger partial charge in [-0.25, -0.2) is 0 Å². The van der Waals surface area contributed by atoms with Crippen LogP contribution in [0.1, 0.15) is 47.0 Å². The van der Waals surface area contributed by atoms with Crippen LogP contribution >= 0.6 is 0 Å². The van der Waals surface area contributed by atoms with E-state index in [1.54, 1.807) is 0 Å². The maximum Gasteiger partial charge on any atom is 0.162 e. The highest BCUT2D eigenvalue weighted by molar-refractivity contribution is 6.00. The first-order valence-electron chi connectivity index (χ1n) is 6.90. The van der Waals surface area contributed by atoms with Gasteiger partial charge in [-0.1, -0.05) is 20.8 Å². The van der Waals surface area contributed by atoms with Crippen molar-refractivity contribution in [3.8, 4) is 0 Å². The summed E-state index contributed by atoms with van der Waals surface area (Å²) in [4.78, 5) is 12.6. The monoisotopic (exact) mass is 252 g/mol. The fraction of sp³-hybridized carbons (Fsp3) is 0.800. The van der Waals surface area contributed by atoms with Gasteiger partial charge >= 0.3 is 0 Å². The van der Waals surface area contributed by atoms with Crippen LogP contribution in [0.4, 0.5) is 0 Å². The molecule has 0 bridgehead atoms. The van der Waals surface area contributed by atoms with Gasteiger partial charge in [0.2, 0.25) is 0 Å². The van der Waals surface area contributed by atoms with E-state index in [4.69, 9.17) is 0 Å². The van der Waals surface area contributed by atoms with E-state index < -0.39 is 17.6 Å². The van der Waals surface area contributed by atoms with Crippen LogP contribution in [0.15, 0.2) is 11.1 Å². The number of hydrogen-bond acceptors (Lipinski definition) is 3. The molecule has 0 saturated heterocycles. The molecule has 0 aromatic heterocycles. The number of aliphatic hydroxyl groups is 2. The Bertz CT molecular complexity index is 397. The summed E-state index contributed by atoms with van der Waals surface area (Å²) in [6.45, 7) is 7.94. The number of carbonyl (C=O) groups excluding carboxylic acids is 1. The molecule has 102 valence electrons. The Morgan fingerprint density at radius 3 is 2.50 bits per heavy atom. The van der Waals surface area contributed by atoms with Crippen molar-refractivity contribution in [2.45, 2.75) is 59.2 Å². The molecule has 2 N–H and O–H groups in total. The third-order valence-corrected chi connectivity index (χ3v) is 5.01. The second kappa shape index (κ2) is 4.46. The van der Waals surface area contributed by atoms with Crippen molar-refractivity contribution < 1.29 is 15.0 Å². The predicted molar refractivity (Wildman–Crippen MR) is 70.0 cm³/mol. The molecule has 3 nitrogen and oxygen atoms in total. The molecular formula is C15H24O3. The molecule has 18 heavy (non-hydrogen) atoms. The first-order chi connectivity index (χ1) is 8.29. The normalized spacial score (nSPS) is 41.3. The van der Waals surface area contributed by atoms with Gasteiger partial charge in [-0.3, -0.25) is 4.79 Å². The second-order valence-electron chi connectivity index (χ2n) is 6.50. The van der Waals surface area contributed by atoms with E-state index in [0.717, 1.165) is 18.4 Å². The van der Waals surface area contributed by atoms with Crippen LogP contribution in [0.2, 0.25) is 0 Å². The molecule has 0 radical (unpaired) electrons. The number of ketones is 1. The van der Waals surface area contributed by atoms with Crippen molar-refractivity contribution in [2.24, 2.45) is 17.3 Å². The number of hydrogen-bond donors (Lipinski definition) is 2. The lowest BCUT2D eigenvalue weighted by molar-refractivity contribution is -0.127.